The Hall–Kier alpha value is -1.06. The SMILES string of the molecule is NCCNCCCc1cccc(O)c1. The average Bonchev–Trinajstić information content (AvgIpc) is 2.18. The molecule has 1 aromatic rings. The predicted molar refractivity (Wildman–Crippen MR) is 58.4 cm³/mol. The van der Waals surface area contributed by atoms with Crippen LogP contribution in [0.2, 0.25) is 0 Å². The van der Waals surface area contributed by atoms with Crippen LogP contribution >= 0.6 is 0 Å². The summed E-state index contributed by atoms with van der Waals surface area (Å²) >= 11 is 0. The number of phenolic OH excluding ortho intramolecular Hbond substituents is 1. The lowest BCUT2D eigenvalue weighted by atomic mass is 10.1. The van der Waals surface area contributed by atoms with E-state index in [1.807, 2.05) is 18.2 Å². The molecule has 0 aliphatic rings. The predicted octanol–water partition coefficient (Wildman–Crippen LogP) is 0.873. The molecule has 0 amide bonds. The number of aryl methyl sites for hydroxylation is 1. The smallest absolute Gasteiger partial charge is 0.115 e. The van der Waals surface area contributed by atoms with Crippen LogP contribution in [-0.2, 0) is 6.42 Å². The van der Waals surface area contributed by atoms with E-state index in [-0.39, 0.29) is 0 Å². The molecule has 0 saturated heterocycles. The average molecular weight is 194 g/mol. The standard InChI is InChI=1S/C11H18N2O/c12-6-8-13-7-2-4-10-3-1-5-11(14)9-10/h1,3,5,9,13-14H,2,4,6-8,12H2. The Labute approximate surface area is 84.9 Å². The van der Waals surface area contributed by atoms with Gasteiger partial charge in [-0.25, -0.2) is 0 Å². The zero-order valence-corrected chi connectivity index (χ0v) is 8.37. The molecule has 3 nitrogen and oxygen atoms in total. The molecule has 0 atom stereocenters. The highest BCUT2D eigenvalue weighted by molar-refractivity contribution is 5.27. The van der Waals surface area contributed by atoms with Crippen molar-refractivity contribution >= 4 is 0 Å². The number of nitrogens with two attached hydrogens (primary N) is 1. The first kappa shape index (κ1) is 11.0. The molecule has 1 aromatic carbocycles. The van der Waals surface area contributed by atoms with Crippen LogP contribution in [0.5, 0.6) is 5.75 Å². The van der Waals surface area contributed by atoms with E-state index in [1.54, 1.807) is 6.07 Å². The van der Waals surface area contributed by atoms with E-state index in [2.05, 4.69) is 5.32 Å². The van der Waals surface area contributed by atoms with Crippen molar-refractivity contribution in [3.05, 3.63) is 29.8 Å². The van der Waals surface area contributed by atoms with Crippen molar-refractivity contribution in [3.63, 3.8) is 0 Å². The number of rotatable bonds is 6. The van der Waals surface area contributed by atoms with Crippen LogP contribution in [-0.4, -0.2) is 24.7 Å². The lowest BCUT2D eigenvalue weighted by Gasteiger charge is -2.03. The molecule has 1 rings (SSSR count). The molecule has 0 bridgehead atoms. The van der Waals surface area contributed by atoms with E-state index in [0.29, 0.717) is 12.3 Å². The summed E-state index contributed by atoms with van der Waals surface area (Å²) in [7, 11) is 0. The van der Waals surface area contributed by atoms with Crippen molar-refractivity contribution in [1.82, 2.24) is 5.32 Å². The van der Waals surface area contributed by atoms with Gasteiger partial charge >= 0.3 is 0 Å². The first-order valence-electron chi connectivity index (χ1n) is 5.01. The quantitative estimate of drug-likeness (QED) is 0.589. The second kappa shape index (κ2) is 6.40. The fraction of sp³-hybridized carbons (Fsp3) is 0.455. The summed E-state index contributed by atoms with van der Waals surface area (Å²) in [5.41, 5.74) is 6.53. The van der Waals surface area contributed by atoms with E-state index < -0.39 is 0 Å². The Bertz CT molecular complexity index is 263. The van der Waals surface area contributed by atoms with Gasteiger partial charge in [0.1, 0.15) is 5.75 Å². The second-order valence-corrected chi connectivity index (χ2v) is 3.31. The second-order valence-electron chi connectivity index (χ2n) is 3.31. The third kappa shape index (κ3) is 4.25. The minimum absolute atomic E-state index is 0.345. The fourth-order valence-electron chi connectivity index (χ4n) is 1.36. The minimum Gasteiger partial charge on any atom is -0.508 e. The highest BCUT2D eigenvalue weighted by Crippen LogP contribution is 2.11. The molecule has 3 heteroatoms. The molecule has 0 aliphatic carbocycles. The van der Waals surface area contributed by atoms with Crippen LogP contribution in [0.4, 0.5) is 0 Å². The molecule has 0 aromatic heterocycles. The third-order valence-corrected chi connectivity index (χ3v) is 2.05. The van der Waals surface area contributed by atoms with Gasteiger partial charge in [0, 0.05) is 13.1 Å². The van der Waals surface area contributed by atoms with Crippen molar-refractivity contribution in [2.75, 3.05) is 19.6 Å². The summed E-state index contributed by atoms with van der Waals surface area (Å²) in [4.78, 5) is 0. The van der Waals surface area contributed by atoms with Gasteiger partial charge in [-0.05, 0) is 37.1 Å². The van der Waals surface area contributed by atoms with Gasteiger partial charge in [-0.3, -0.25) is 0 Å². The van der Waals surface area contributed by atoms with Gasteiger partial charge in [-0.1, -0.05) is 12.1 Å². The fourth-order valence-corrected chi connectivity index (χ4v) is 1.36. The molecule has 0 saturated carbocycles. The first-order valence-corrected chi connectivity index (χ1v) is 5.01. The Morgan fingerprint density at radius 3 is 2.86 bits per heavy atom. The normalized spacial score (nSPS) is 10.4. The van der Waals surface area contributed by atoms with Crippen LogP contribution in [0.3, 0.4) is 0 Å². The summed E-state index contributed by atoms with van der Waals surface area (Å²) in [5.74, 6) is 0.345. The highest BCUT2D eigenvalue weighted by Gasteiger charge is 1.94. The van der Waals surface area contributed by atoms with Crippen LogP contribution in [0.1, 0.15) is 12.0 Å². The Balaban J connectivity index is 2.18. The van der Waals surface area contributed by atoms with Gasteiger partial charge in [-0.2, -0.15) is 0 Å². The van der Waals surface area contributed by atoms with Gasteiger partial charge in [0.25, 0.3) is 0 Å². The molecule has 14 heavy (non-hydrogen) atoms. The summed E-state index contributed by atoms with van der Waals surface area (Å²) < 4.78 is 0. The molecule has 0 spiro atoms. The molecule has 0 heterocycles. The van der Waals surface area contributed by atoms with Gasteiger partial charge in [0.05, 0.1) is 0 Å². The highest BCUT2D eigenvalue weighted by atomic mass is 16.3. The number of benzene rings is 1. The monoisotopic (exact) mass is 194 g/mol. The summed E-state index contributed by atoms with van der Waals surface area (Å²) in [6, 6.07) is 7.40. The Kier molecular flexibility index (Phi) is 5.04. The van der Waals surface area contributed by atoms with Crippen molar-refractivity contribution in [3.8, 4) is 5.75 Å². The van der Waals surface area contributed by atoms with Gasteiger partial charge in [0.2, 0.25) is 0 Å². The summed E-state index contributed by atoms with van der Waals surface area (Å²) in [6.45, 7) is 2.54. The van der Waals surface area contributed by atoms with Crippen LogP contribution in [0.25, 0.3) is 0 Å². The van der Waals surface area contributed by atoms with E-state index in [0.717, 1.165) is 25.9 Å². The topological polar surface area (TPSA) is 58.3 Å². The summed E-state index contributed by atoms with van der Waals surface area (Å²) in [5, 5.41) is 12.5. The zero-order chi connectivity index (χ0) is 10.2. The molecular weight excluding hydrogens is 176 g/mol. The maximum atomic E-state index is 9.22. The first-order chi connectivity index (χ1) is 6.83. The van der Waals surface area contributed by atoms with Crippen molar-refractivity contribution in [2.24, 2.45) is 5.73 Å². The maximum Gasteiger partial charge on any atom is 0.115 e. The van der Waals surface area contributed by atoms with Gasteiger partial charge < -0.3 is 16.2 Å². The largest absolute Gasteiger partial charge is 0.508 e. The molecular formula is C11H18N2O. The lowest BCUT2D eigenvalue weighted by Crippen LogP contribution is -2.23. The molecule has 0 fully saturated rings. The number of aromatic hydroxyl groups is 1. The van der Waals surface area contributed by atoms with Gasteiger partial charge in [0.15, 0.2) is 0 Å². The zero-order valence-electron chi connectivity index (χ0n) is 8.37. The number of hydrogen-bond acceptors (Lipinski definition) is 3. The van der Waals surface area contributed by atoms with Crippen LogP contribution in [0.15, 0.2) is 24.3 Å². The van der Waals surface area contributed by atoms with Crippen LogP contribution < -0.4 is 11.1 Å². The molecule has 4 N–H and O–H groups in total. The number of phenols is 1. The van der Waals surface area contributed by atoms with Crippen LogP contribution in [0, 0.1) is 0 Å². The maximum absolute atomic E-state index is 9.22. The van der Waals surface area contributed by atoms with Gasteiger partial charge in [-0.15, -0.1) is 0 Å². The third-order valence-electron chi connectivity index (χ3n) is 2.05. The molecule has 78 valence electrons. The molecule has 0 aliphatic heterocycles. The lowest BCUT2D eigenvalue weighted by molar-refractivity contribution is 0.474. The van der Waals surface area contributed by atoms with Crippen molar-refractivity contribution in [2.45, 2.75) is 12.8 Å². The van der Waals surface area contributed by atoms with Crippen molar-refractivity contribution < 1.29 is 5.11 Å². The Morgan fingerprint density at radius 2 is 2.14 bits per heavy atom. The van der Waals surface area contributed by atoms with E-state index in [4.69, 9.17) is 5.73 Å². The van der Waals surface area contributed by atoms with E-state index >= 15 is 0 Å². The Morgan fingerprint density at radius 1 is 1.29 bits per heavy atom. The van der Waals surface area contributed by atoms with E-state index in [1.165, 1.54) is 5.56 Å². The minimum atomic E-state index is 0.345. The van der Waals surface area contributed by atoms with E-state index in [9.17, 15) is 5.11 Å². The molecule has 0 unspecified atom stereocenters. The molecule has 0 radical (unpaired) electrons. The summed E-state index contributed by atoms with van der Waals surface area (Å²) in [6.07, 6.45) is 2.06. The number of nitrogens with one attached hydrogen (secondary N) is 1. The number of hydrogen-bond donors (Lipinski definition) is 3. The van der Waals surface area contributed by atoms with Crippen molar-refractivity contribution in [1.29, 1.82) is 0 Å².